The molecular weight excluding hydrogens is 381 g/mol. The van der Waals surface area contributed by atoms with Crippen LogP contribution in [0.2, 0.25) is 0 Å². The van der Waals surface area contributed by atoms with Gasteiger partial charge in [0.05, 0.1) is 11.1 Å². The lowest BCUT2D eigenvalue weighted by atomic mass is 10.1. The van der Waals surface area contributed by atoms with E-state index in [1.807, 2.05) is 39.9 Å². The van der Waals surface area contributed by atoms with E-state index in [0.717, 1.165) is 16.6 Å². The van der Waals surface area contributed by atoms with Gasteiger partial charge in [-0.25, -0.2) is 14.4 Å². The van der Waals surface area contributed by atoms with Crippen molar-refractivity contribution in [2.75, 3.05) is 31.1 Å². The van der Waals surface area contributed by atoms with Gasteiger partial charge in [0, 0.05) is 55.8 Å². The number of halogens is 1. The predicted octanol–water partition coefficient (Wildman–Crippen LogP) is 3.52. The normalized spacial score (nSPS) is 14.3. The Balaban J connectivity index is 1.40. The second-order valence-corrected chi connectivity index (χ2v) is 7.23. The summed E-state index contributed by atoms with van der Waals surface area (Å²) in [5, 5.41) is 0.885. The number of fused-ring (bicyclic) bond motifs is 1. The highest BCUT2D eigenvalue weighted by molar-refractivity contribution is 6.07. The van der Waals surface area contributed by atoms with E-state index in [9.17, 15) is 9.18 Å². The first-order valence-electron chi connectivity index (χ1n) is 9.88. The van der Waals surface area contributed by atoms with Crippen molar-refractivity contribution in [1.82, 2.24) is 19.4 Å². The van der Waals surface area contributed by atoms with Crippen LogP contribution in [0.5, 0.6) is 0 Å². The van der Waals surface area contributed by atoms with Crippen molar-refractivity contribution >= 4 is 22.5 Å². The van der Waals surface area contributed by atoms with Crippen LogP contribution in [-0.2, 0) is 0 Å². The highest BCUT2D eigenvalue weighted by Gasteiger charge is 2.25. The number of anilines is 1. The summed E-state index contributed by atoms with van der Waals surface area (Å²) in [6.07, 6.45) is 5.20. The Bertz CT molecular complexity index is 1180. The SMILES string of the molecule is O=C(c1cn(-c2ncccn2)c2ccccc12)N1CCN(c2ccc(F)cc2)CC1. The molecule has 5 rings (SSSR count). The molecule has 2 aromatic carbocycles. The van der Waals surface area contributed by atoms with Crippen LogP contribution in [0.1, 0.15) is 10.4 Å². The third kappa shape index (κ3) is 3.28. The van der Waals surface area contributed by atoms with E-state index >= 15 is 0 Å². The third-order valence-corrected chi connectivity index (χ3v) is 5.47. The zero-order chi connectivity index (χ0) is 20.5. The highest BCUT2D eigenvalue weighted by atomic mass is 19.1. The van der Waals surface area contributed by atoms with E-state index in [4.69, 9.17) is 0 Å². The molecule has 0 saturated carbocycles. The van der Waals surface area contributed by atoms with Crippen molar-refractivity contribution in [3.05, 3.63) is 84.6 Å². The summed E-state index contributed by atoms with van der Waals surface area (Å²) >= 11 is 0. The van der Waals surface area contributed by atoms with E-state index < -0.39 is 0 Å². The van der Waals surface area contributed by atoms with Crippen molar-refractivity contribution in [3.8, 4) is 5.95 Å². The molecule has 30 heavy (non-hydrogen) atoms. The van der Waals surface area contributed by atoms with Crippen LogP contribution in [-0.4, -0.2) is 51.5 Å². The molecule has 3 heterocycles. The quantitative estimate of drug-likeness (QED) is 0.527. The highest BCUT2D eigenvalue weighted by Crippen LogP contribution is 2.25. The van der Waals surface area contributed by atoms with Crippen molar-refractivity contribution in [1.29, 1.82) is 0 Å². The monoisotopic (exact) mass is 401 g/mol. The van der Waals surface area contributed by atoms with E-state index in [2.05, 4.69) is 14.9 Å². The van der Waals surface area contributed by atoms with Crippen LogP contribution in [0, 0.1) is 5.82 Å². The molecule has 150 valence electrons. The number of benzene rings is 2. The van der Waals surface area contributed by atoms with Gasteiger partial charge < -0.3 is 9.80 Å². The van der Waals surface area contributed by atoms with E-state index in [-0.39, 0.29) is 11.7 Å². The number of hydrogen-bond acceptors (Lipinski definition) is 4. The van der Waals surface area contributed by atoms with E-state index in [0.29, 0.717) is 37.7 Å². The fraction of sp³-hybridized carbons (Fsp3) is 0.174. The fourth-order valence-corrected chi connectivity index (χ4v) is 3.92. The average molecular weight is 401 g/mol. The molecule has 0 N–H and O–H groups in total. The fourth-order valence-electron chi connectivity index (χ4n) is 3.92. The van der Waals surface area contributed by atoms with E-state index in [1.165, 1.54) is 12.1 Å². The van der Waals surface area contributed by atoms with Crippen molar-refractivity contribution in [2.24, 2.45) is 0 Å². The Morgan fingerprint density at radius 3 is 2.30 bits per heavy atom. The predicted molar refractivity (Wildman–Crippen MR) is 113 cm³/mol. The summed E-state index contributed by atoms with van der Waals surface area (Å²) < 4.78 is 15.0. The van der Waals surface area contributed by atoms with Gasteiger partial charge in [0.25, 0.3) is 5.91 Å². The Hall–Kier alpha value is -3.74. The minimum Gasteiger partial charge on any atom is -0.368 e. The van der Waals surface area contributed by atoms with Crippen LogP contribution >= 0.6 is 0 Å². The molecule has 1 fully saturated rings. The summed E-state index contributed by atoms with van der Waals surface area (Å²) in [5.41, 5.74) is 2.52. The van der Waals surface area contributed by atoms with Gasteiger partial charge in [0.2, 0.25) is 5.95 Å². The molecule has 6 nitrogen and oxygen atoms in total. The first-order chi connectivity index (χ1) is 14.7. The standard InChI is InChI=1S/C23H20FN5O/c24-17-6-8-18(9-7-17)27-12-14-28(15-13-27)22(30)20-16-29(23-25-10-3-11-26-23)21-5-2-1-4-19(20)21/h1-11,16H,12-15H2. The van der Waals surface area contributed by atoms with Gasteiger partial charge in [-0.2, -0.15) is 0 Å². The second kappa shape index (κ2) is 7.59. The van der Waals surface area contributed by atoms with Crippen LogP contribution in [0.15, 0.2) is 73.2 Å². The molecule has 1 aliphatic rings. The second-order valence-electron chi connectivity index (χ2n) is 7.23. The van der Waals surface area contributed by atoms with Crippen LogP contribution < -0.4 is 4.90 Å². The molecule has 0 aliphatic carbocycles. The maximum absolute atomic E-state index is 13.3. The first-order valence-corrected chi connectivity index (χ1v) is 9.88. The molecule has 7 heteroatoms. The molecule has 0 bridgehead atoms. The van der Waals surface area contributed by atoms with Crippen molar-refractivity contribution in [2.45, 2.75) is 0 Å². The molecule has 1 saturated heterocycles. The Kier molecular flexibility index (Phi) is 4.63. The van der Waals surface area contributed by atoms with Crippen LogP contribution in [0.25, 0.3) is 16.9 Å². The third-order valence-electron chi connectivity index (χ3n) is 5.47. The minimum atomic E-state index is -0.244. The molecule has 0 radical (unpaired) electrons. The first kappa shape index (κ1) is 18.3. The molecule has 2 aromatic heterocycles. The Morgan fingerprint density at radius 1 is 0.867 bits per heavy atom. The number of carbonyl (C=O) groups is 1. The van der Waals surface area contributed by atoms with Gasteiger partial charge in [-0.15, -0.1) is 0 Å². The largest absolute Gasteiger partial charge is 0.368 e. The minimum absolute atomic E-state index is 0.000336. The van der Waals surface area contributed by atoms with Crippen molar-refractivity contribution in [3.63, 3.8) is 0 Å². The molecule has 0 unspecified atom stereocenters. The Labute approximate surface area is 173 Å². The number of nitrogens with zero attached hydrogens (tertiary/aromatic N) is 5. The molecule has 0 atom stereocenters. The number of piperazine rings is 1. The lowest BCUT2D eigenvalue weighted by molar-refractivity contribution is 0.0748. The number of carbonyl (C=O) groups excluding carboxylic acids is 1. The number of para-hydroxylation sites is 1. The van der Waals surface area contributed by atoms with Gasteiger partial charge in [-0.1, -0.05) is 18.2 Å². The van der Waals surface area contributed by atoms with E-state index in [1.54, 1.807) is 30.6 Å². The lowest BCUT2D eigenvalue weighted by Crippen LogP contribution is -2.48. The lowest BCUT2D eigenvalue weighted by Gasteiger charge is -2.36. The summed E-state index contributed by atoms with van der Waals surface area (Å²) in [4.78, 5) is 26.0. The maximum Gasteiger partial charge on any atom is 0.256 e. The molecule has 1 aliphatic heterocycles. The van der Waals surface area contributed by atoms with Gasteiger partial charge in [-0.3, -0.25) is 9.36 Å². The summed E-state index contributed by atoms with van der Waals surface area (Å²) in [7, 11) is 0. The molecule has 0 spiro atoms. The topological polar surface area (TPSA) is 54.3 Å². The smallest absolute Gasteiger partial charge is 0.256 e. The van der Waals surface area contributed by atoms with Gasteiger partial charge >= 0.3 is 0 Å². The molecule has 1 amide bonds. The number of hydrogen-bond donors (Lipinski definition) is 0. The number of amides is 1. The van der Waals surface area contributed by atoms with Crippen LogP contribution in [0.3, 0.4) is 0 Å². The summed E-state index contributed by atoms with van der Waals surface area (Å²) in [5.74, 6) is 0.292. The van der Waals surface area contributed by atoms with Gasteiger partial charge in [-0.05, 0) is 36.4 Å². The van der Waals surface area contributed by atoms with Gasteiger partial charge in [0.15, 0.2) is 0 Å². The molecule has 4 aromatic rings. The molecular formula is C23H20FN5O. The zero-order valence-electron chi connectivity index (χ0n) is 16.3. The Morgan fingerprint density at radius 2 is 1.57 bits per heavy atom. The van der Waals surface area contributed by atoms with Crippen molar-refractivity contribution < 1.29 is 9.18 Å². The maximum atomic E-state index is 13.3. The number of aromatic nitrogens is 3. The zero-order valence-corrected chi connectivity index (χ0v) is 16.3. The van der Waals surface area contributed by atoms with Crippen LogP contribution in [0.4, 0.5) is 10.1 Å². The van der Waals surface area contributed by atoms with Gasteiger partial charge in [0.1, 0.15) is 5.82 Å². The summed E-state index contributed by atoms with van der Waals surface area (Å²) in [6.45, 7) is 2.63. The average Bonchev–Trinajstić information content (AvgIpc) is 3.20. The summed E-state index contributed by atoms with van der Waals surface area (Å²) in [6, 6.07) is 16.0. The number of rotatable bonds is 3.